The van der Waals surface area contributed by atoms with Crippen LogP contribution in [0.1, 0.15) is 30.5 Å². The molecule has 1 unspecified atom stereocenters. The van der Waals surface area contributed by atoms with Gasteiger partial charge in [0.1, 0.15) is 5.76 Å². The van der Waals surface area contributed by atoms with Crippen LogP contribution >= 0.6 is 11.6 Å². The van der Waals surface area contributed by atoms with E-state index in [4.69, 9.17) is 16.3 Å². The minimum Gasteiger partial charge on any atom is -0.496 e. The van der Waals surface area contributed by atoms with Gasteiger partial charge in [-0.15, -0.1) is 0 Å². The molecule has 1 aromatic rings. The molecule has 3 heteroatoms. The average Bonchev–Trinajstić information content (AvgIpc) is 2.77. The van der Waals surface area contributed by atoms with Crippen LogP contribution in [0, 0.1) is 6.92 Å². The molecule has 0 fully saturated rings. The summed E-state index contributed by atoms with van der Waals surface area (Å²) in [4.78, 5) is 0. The molecule has 1 aromatic carbocycles. The largest absolute Gasteiger partial charge is 0.496 e. The van der Waals surface area contributed by atoms with Crippen molar-refractivity contribution in [3.8, 4) is 0 Å². The third kappa shape index (κ3) is 3.02. The van der Waals surface area contributed by atoms with Crippen molar-refractivity contribution in [2.75, 3.05) is 13.2 Å². The Morgan fingerprint density at radius 1 is 1.41 bits per heavy atom. The third-order valence-corrected chi connectivity index (χ3v) is 3.04. The molecule has 1 aliphatic heterocycles. The maximum atomic E-state index is 6.11. The predicted octanol–water partition coefficient (Wildman–Crippen LogP) is 3.60. The molecule has 1 atom stereocenters. The first-order valence-corrected chi connectivity index (χ1v) is 6.42. The minimum atomic E-state index is 0.125. The SMILES string of the molecule is CCNC(C1=CCCO1)c1cc(C)cc(Cl)c1. The van der Waals surface area contributed by atoms with E-state index in [2.05, 4.69) is 31.3 Å². The first kappa shape index (κ1) is 12.5. The van der Waals surface area contributed by atoms with Crippen LogP contribution in [-0.4, -0.2) is 13.2 Å². The van der Waals surface area contributed by atoms with Crippen LogP contribution < -0.4 is 5.32 Å². The van der Waals surface area contributed by atoms with E-state index in [0.717, 1.165) is 30.4 Å². The first-order chi connectivity index (χ1) is 8.20. The molecule has 2 rings (SSSR count). The van der Waals surface area contributed by atoms with Gasteiger partial charge in [0.25, 0.3) is 0 Å². The van der Waals surface area contributed by atoms with Crippen LogP contribution in [0.15, 0.2) is 30.0 Å². The zero-order valence-corrected chi connectivity index (χ0v) is 11.1. The number of likely N-dealkylation sites (N-methyl/N-ethyl adjacent to an activating group) is 1. The van der Waals surface area contributed by atoms with E-state index in [0.29, 0.717) is 0 Å². The van der Waals surface area contributed by atoms with Crippen molar-refractivity contribution >= 4 is 11.6 Å². The van der Waals surface area contributed by atoms with Crippen molar-refractivity contribution in [3.63, 3.8) is 0 Å². The lowest BCUT2D eigenvalue weighted by Gasteiger charge is -2.20. The van der Waals surface area contributed by atoms with Crippen LogP contribution in [0.4, 0.5) is 0 Å². The van der Waals surface area contributed by atoms with Crippen molar-refractivity contribution in [1.29, 1.82) is 0 Å². The maximum absolute atomic E-state index is 6.11. The quantitative estimate of drug-likeness (QED) is 0.883. The van der Waals surface area contributed by atoms with Gasteiger partial charge in [0.15, 0.2) is 0 Å². The fraction of sp³-hybridized carbons (Fsp3) is 0.429. The van der Waals surface area contributed by atoms with E-state index in [1.807, 2.05) is 12.1 Å². The van der Waals surface area contributed by atoms with Gasteiger partial charge in [-0.05, 0) is 42.8 Å². The van der Waals surface area contributed by atoms with Crippen LogP contribution in [0.5, 0.6) is 0 Å². The van der Waals surface area contributed by atoms with E-state index >= 15 is 0 Å². The lowest BCUT2D eigenvalue weighted by atomic mass is 10.0. The van der Waals surface area contributed by atoms with Crippen molar-refractivity contribution in [1.82, 2.24) is 5.32 Å². The maximum Gasteiger partial charge on any atom is 0.114 e. The number of nitrogens with one attached hydrogen (secondary N) is 1. The summed E-state index contributed by atoms with van der Waals surface area (Å²) in [6.45, 7) is 5.84. The third-order valence-electron chi connectivity index (χ3n) is 2.82. The number of ether oxygens (including phenoxy) is 1. The highest BCUT2D eigenvalue weighted by Gasteiger charge is 2.20. The zero-order chi connectivity index (χ0) is 12.3. The fourth-order valence-corrected chi connectivity index (χ4v) is 2.45. The highest BCUT2D eigenvalue weighted by atomic mass is 35.5. The summed E-state index contributed by atoms with van der Waals surface area (Å²) < 4.78 is 5.66. The second-order valence-electron chi connectivity index (χ2n) is 4.30. The van der Waals surface area contributed by atoms with Crippen molar-refractivity contribution in [2.24, 2.45) is 0 Å². The molecule has 92 valence electrons. The van der Waals surface area contributed by atoms with E-state index in [1.54, 1.807) is 0 Å². The number of hydrogen-bond donors (Lipinski definition) is 1. The monoisotopic (exact) mass is 251 g/mol. The molecule has 0 spiro atoms. The lowest BCUT2D eigenvalue weighted by molar-refractivity contribution is 0.216. The second kappa shape index (κ2) is 5.56. The van der Waals surface area contributed by atoms with Gasteiger partial charge in [-0.3, -0.25) is 0 Å². The Bertz CT molecular complexity index is 408. The van der Waals surface area contributed by atoms with E-state index < -0.39 is 0 Å². The molecule has 0 saturated carbocycles. The normalized spacial score (nSPS) is 16.5. The molecule has 17 heavy (non-hydrogen) atoms. The van der Waals surface area contributed by atoms with E-state index in [-0.39, 0.29) is 6.04 Å². The molecule has 0 aliphatic carbocycles. The molecule has 1 heterocycles. The smallest absolute Gasteiger partial charge is 0.114 e. The number of benzene rings is 1. The zero-order valence-electron chi connectivity index (χ0n) is 10.3. The van der Waals surface area contributed by atoms with Gasteiger partial charge in [-0.25, -0.2) is 0 Å². The molecular formula is C14H18ClNO. The Kier molecular flexibility index (Phi) is 4.08. The summed E-state index contributed by atoms with van der Waals surface area (Å²) in [5.41, 5.74) is 2.35. The topological polar surface area (TPSA) is 21.3 Å². The van der Waals surface area contributed by atoms with Gasteiger partial charge in [0, 0.05) is 11.4 Å². The molecule has 0 bridgehead atoms. The summed E-state index contributed by atoms with van der Waals surface area (Å²) in [5, 5.41) is 4.22. The Morgan fingerprint density at radius 2 is 2.24 bits per heavy atom. The van der Waals surface area contributed by atoms with Crippen LogP contribution in [0.2, 0.25) is 5.02 Å². The Hall–Kier alpha value is -0.990. The van der Waals surface area contributed by atoms with Gasteiger partial charge in [0.05, 0.1) is 12.6 Å². The van der Waals surface area contributed by atoms with Crippen LogP contribution in [0.3, 0.4) is 0 Å². The number of halogens is 1. The lowest BCUT2D eigenvalue weighted by Crippen LogP contribution is -2.23. The van der Waals surface area contributed by atoms with Crippen LogP contribution in [0.25, 0.3) is 0 Å². The predicted molar refractivity (Wildman–Crippen MR) is 71.3 cm³/mol. The highest BCUT2D eigenvalue weighted by molar-refractivity contribution is 6.30. The number of hydrogen-bond acceptors (Lipinski definition) is 2. The Balaban J connectivity index is 2.31. The highest BCUT2D eigenvalue weighted by Crippen LogP contribution is 2.28. The van der Waals surface area contributed by atoms with Gasteiger partial charge in [-0.2, -0.15) is 0 Å². The van der Waals surface area contributed by atoms with Gasteiger partial charge < -0.3 is 10.1 Å². The van der Waals surface area contributed by atoms with Gasteiger partial charge >= 0.3 is 0 Å². The van der Waals surface area contributed by atoms with Crippen molar-refractivity contribution in [2.45, 2.75) is 26.3 Å². The summed E-state index contributed by atoms with van der Waals surface area (Å²) in [6.07, 6.45) is 3.15. The summed E-state index contributed by atoms with van der Waals surface area (Å²) >= 11 is 6.11. The van der Waals surface area contributed by atoms with Crippen molar-refractivity contribution < 1.29 is 4.74 Å². The molecule has 0 amide bonds. The Morgan fingerprint density at radius 3 is 2.82 bits per heavy atom. The van der Waals surface area contributed by atoms with Crippen molar-refractivity contribution in [3.05, 3.63) is 46.2 Å². The molecule has 2 nitrogen and oxygen atoms in total. The van der Waals surface area contributed by atoms with E-state index in [9.17, 15) is 0 Å². The molecule has 0 saturated heterocycles. The number of rotatable bonds is 4. The van der Waals surface area contributed by atoms with Crippen LogP contribution in [-0.2, 0) is 4.74 Å². The Labute approximate surface area is 108 Å². The molecular weight excluding hydrogens is 234 g/mol. The first-order valence-electron chi connectivity index (χ1n) is 6.04. The summed E-state index contributed by atoms with van der Waals surface area (Å²) in [5.74, 6) is 1.02. The fourth-order valence-electron chi connectivity index (χ4n) is 2.16. The van der Waals surface area contributed by atoms with Gasteiger partial charge in [0.2, 0.25) is 0 Å². The summed E-state index contributed by atoms with van der Waals surface area (Å²) in [7, 11) is 0. The minimum absolute atomic E-state index is 0.125. The molecule has 0 radical (unpaired) electrons. The summed E-state index contributed by atoms with van der Waals surface area (Å²) in [6, 6.07) is 6.25. The average molecular weight is 252 g/mol. The van der Waals surface area contributed by atoms with Gasteiger partial charge in [-0.1, -0.05) is 24.6 Å². The van der Waals surface area contributed by atoms with E-state index in [1.165, 1.54) is 11.1 Å². The molecule has 0 aromatic heterocycles. The molecule has 1 aliphatic rings. The molecule has 1 N–H and O–H groups in total. The standard InChI is InChI=1S/C14H18ClNO/c1-3-16-14(13-5-4-6-17-13)11-7-10(2)8-12(15)9-11/h5,7-9,14,16H,3-4,6H2,1-2H3. The number of aryl methyl sites for hydroxylation is 1. The second-order valence-corrected chi connectivity index (χ2v) is 4.73.